The highest BCUT2D eigenvalue weighted by Crippen LogP contribution is 2.19. The second-order valence-corrected chi connectivity index (χ2v) is 6.07. The van der Waals surface area contributed by atoms with Gasteiger partial charge in [-0.3, -0.25) is 4.79 Å². The molecule has 0 aliphatic rings. The summed E-state index contributed by atoms with van der Waals surface area (Å²) in [4.78, 5) is 11.6. The molecular weight excluding hydrogens is 281 g/mol. The van der Waals surface area contributed by atoms with E-state index in [1.54, 1.807) is 12.1 Å². The van der Waals surface area contributed by atoms with E-state index in [1.165, 1.54) is 18.2 Å². The number of carbonyl (C=O) groups is 1. The third kappa shape index (κ3) is 6.39. The lowest BCUT2D eigenvalue weighted by atomic mass is 10.1. The van der Waals surface area contributed by atoms with Crippen LogP contribution in [0.25, 0.3) is 6.08 Å². The van der Waals surface area contributed by atoms with E-state index in [9.17, 15) is 9.18 Å². The molecule has 0 spiro atoms. The Kier molecular flexibility index (Phi) is 7.25. The fraction of sp³-hybridized carbons (Fsp3) is 0.500. The van der Waals surface area contributed by atoms with Gasteiger partial charge in [0.05, 0.1) is 0 Å². The third-order valence-electron chi connectivity index (χ3n) is 3.11. The summed E-state index contributed by atoms with van der Waals surface area (Å²) in [5, 5.41) is 3.29. The van der Waals surface area contributed by atoms with Crippen molar-refractivity contribution in [1.29, 1.82) is 0 Å². The first-order chi connectivity index (χ1) is 10.3. The smallest absolute Gasteiger partial charge is 0.158 e. The molecule has 4 heteroatoms. The van der Waals surface area contributed by atoms with Crippen LogP contribution in [-0.4, -0.2) is 24.5 Å². The van der Waals surface area contributed by atoms with Crippen molar-refractivity contribution >= 4 is 11.9 Å². The summed E-state index contributed by atoms with van der Waals surface area (Å²) in [6, 6.07) is 4.96. The van der Waals surface area contributed by atoms with Crippen LogP contribution in [0.3, 0.4) is 0 Å². The maximum Gasteiger partial charge on any atom is 0.158 e. The molecule has 0 radical (unpaired) electrons. The van der Waals surface area contributed by atoms with Crippen molar-refractivity contribution in [2.45, 2.75) is 46.8 Å². The Morgan fingerprint density at radius 2 is 1.95 bits per heavy atom. The first kappa shape index (κ1) is 18.4. The van der Waals surface area contributed by atoms with E-state index < -0.39 is 0 Å². The number of benzene rings is 1. The largest absolute Gasteiger partial charge is 0.489 e. The first-order valence-electron chi connectivity index (χ1n) is 7.71. The minimum absolute atomic E-state index is 0.0259. The van der Waals surface area contributed by atoms with Gasteiger partial charge in [0.2, 0.25) is 0 Å². The average molecular weight is 307 g/mol. The maximum atomic E-state index is 13.8. The predicted octanol–water partition coefficient (Wildman–Crippen LogP) is 3.83. The van der Waals surface area contributed by atoms with Crippen LogP contribution in [0.15, 0.2) is 24.3 Å². The molecule has 122 valence electrons. The van der Waals surface area contributed by atoms with E-state index in [0.717, 1.165) is 0 Å². The second-order valence-electron chi connectivity index (χ2n) is 6.07. The fourth-order valence-corrected chi connectivity index (χ4v) is 1.76. The lowest BCUT2D eigenvalue weighted by Gasteiger charge is -2.17. The molecule has 1 aromatic rings. The van der Waals surface area contributed by atoms with Gasteiger partial charge in [0.25, 0.3) is 0 Å². The summed E-state index contributed by atoms with van der Waals surface area (Å²) in [7, 11) is 0. The number of hydrogen-bond donors (Lipinski definition) is 1. The summed E-state index contributed by atoms with van der Waals surface area (Å²) in [5.74, 6) is 0.102. The fourth-order valence-electron chi connectivity index (χ4n) is 1.76. The van der Waals surface area contributed by atoms with Gasteiger partial charge in [0.15, 0.2) is 5.78 Å². The summed E-state index contributed by atoms with van der Waals surface area (Å²) >= 11 is 0. The van der Waals surface area contributed by atoms with Gasteiger partial charge in [-0.1, -0.05) is 27.7 Å². The summed E-state index contributed by atoms with van der Waals surface area (Å²) in [6.45, 7) is 10.4. The van der Waals surface area contributed by atoms with Gasteiger partial charge in [0, 0.05) is 24.1 Å². The Morgan fingerprint density at radius 1 is 1.27 bits per heavy atom. The number of rotatable bonds is 8. The molecule has 0 fully saturated rings. The third-order valence-corrected chi connectivity index (χ3v) is 3.11. The molecule has 1 atom stereocenters. The predicted molar refractivity (Wildman–Crippen MR) is 88.5 cm³/mol. The Balaban J connectivity index is 2.75. The number of hydrogen-bond acceptors (Lipinski definition) is 3. The average Bonchev–Trinajstić information content (AvgIpc) is 2.45. The van der Waals surface area contributed by atoms with Crippen molar-refractivity contribution in [1.82, 2.24) is 5.32 Å². The molecular formula is C18H26FNO2. The van der Waals surface area contributed by atoms with E-state index in [-0.39, 0.29) is 23.6 Å². The number of ether oxygens (including phenoxy) is 1. The van der Waals surface area contributed by atoms with Crippen LogP contribution in [-0.2, 0) is 4.79 Å². The van der Waals surface area contributed by atoms with Gasteiger partial charge < -0.3 is 10.1 Å². The highest BCUT2D eigenvalue weighted by atomic mass is 19.1. The van der Waals surface area contributed by atoms with E-state index in [2.05, 4.69) is 19.2 Å². The molecule has 0 unspecified atom stereocenters. The van der Waals surface area contributed by atoms with Crippen LogP contribution in [0, 0.1) is 11.7 Å². The van der Waals surface area contributed by atoms with Crippen molar-refractivity contribution in [2.24, 2.45) is 5.92 Å². The zero-order valence-electron chi connectivity index (χ0n) is 14.0. The topological polar surface area (TPSA) is 38.3 Å². The van der Waals surface area contributed by atoms with Crippen LogP contribution < -0.4 is 10.1 Å². The number of nitrogens with one attached hydrogen (secondary N) is 1. The quantitative estimate of drug-likeness (QED) is 0.742. The molecule has 0 aromatic heterocycles. The first-order valence-corrected chi connectivity index (χ1v) is 7.71. The highest BCUT2D eigenvalue weighted by Gasteiger charge is 2.08. The van der Waals surface area contributed by atoms with Gasteiger partial charge in [0.1, 0.15) is 17.7 Å². The zero-order chi connectivity index (χ0) is 16.7. The van der Waals surface area contributed by atoms with Crippen molar-refractivity contribution in [2.75, 3.05) is 6.54 Å². The van der Waals surface area contributed by atoms with Crippen LogP contribution in [0.1, 0.15) is 40.2 Å². The van der Waals surface area contributed by atoms with E-state index in [1.807, 2.05) is 20.8 Å². The molecule has 0 bridgehead atoms. The van der Waals surface area contributed by atoms with Crippen molar-refractivity contribution in [3.8, 4) is 5.75 Å². The van der Waals surface area contributed by atoms with Gasteiger partial charge in [-0.05, 0) is 37.3 Å². The zero-order valence-corrected chi connectivity index (χ0v) is 14.0. The van der Waals surface area contributed by atoms with Crippen LogP contribution >= 0.6 is 0 Å². The van der Waals surface area contributed by atoms with E-state index in [0.29, 0.717) is 23.9 Å². The summed E-state index contributed by atoms with van der Waals surface area (Å²) < 4.78 is 19.5. The van der Waals surface area contributed by atoms with Gasteiger partial charge in [-0.25, -0.2) is 4.39 Å². The molecule has 3 nitrogen and oxygen atoms in total. The molecule has 1 rings (SSSR count). The van der Waals surface area contributed by atoms with Crippen molar-refractivity contribution in [3.63, 3.8) is 0 Å². The Hall–Kier alpha value is -1.68. The van der Waals surface area contributed by atoms with Gasteiger partial charge in [-0.15, -0.1) is 0 Å². The monoisotopic (exact) mass is 307 g/mol. The minimum atomic E-state index is -0.367. The second kappa shape index (κ2) is 8.69. The summed E-state index contributed by atoms with van der Waals surface area (Å²) in [5.41, 5.74) is 0.357. The minimum Gasteiger partial charge on any atom is -0.489 e. The SMILES string of the molecule is CC(C)NC[C@H](C)Oc1ccc(F)c(/C=C/C(=O)C(C)C)c1. The molecule has 0 aliphatic heterocycles. The molecule has 0 amide bonds. The lowest BCUT2D eigenvalue weighted by Crippen LogP contribution is -2.33. The van der Waals surface area contributed by atoms with Crippen LogP contribution in [0.4, 0.5) is 4.39 Å². The van der Waals surface area contributed by atoms with E-state index in [4.69, 9.17) is 4.74 Å². The Labute approximate surface area is 132 Å². The summed E-state index contributed by atoms with van der Waals surface area (Å²) in [6.07, 6.45) is 2.89. The van der Waals surface area contributed by atoms with Crippen LogP contribution in [0.2, 0.25) is 0 Å². The molecule has 1 N–H and O–H groups in total. The Morgan fingerprint density at radius 3 is 2.55 bits per heavy atom. The number of ketones is 1. The highest BCUT2D eigenvalue weighted by molar-refractivity contribution is 5.94. The molecule has 0 heterocycles. The molecule has 1 aromatic carbocycles. The number of halogens is 1. The normalized spacial score (nSPS) is 13.1. The van der Waals surface area contributed by atoms with Gasteiger partial charge >= 0.3 is 0 Å². The Bertz CT molecular complexity index is 524. The maximum absolute atomic E-state index is 13.8. The molecule has 0 saturated carbocycles. The van der Waals surface area contributed by atoms with Crippen molar-refractivity contribution < 1.29 is 13.9 Å². The molecule has 22 heavy (non-hydrogen) atoms. The lowest BCUT2D eigenvalue weighted by molar-refractivity contribution is -0.117. The number of carbonyl (C=O) groups excluding carboxylic acids is 1. The number of allylic oxidation sites excluding steroid dienone is 1. The molecule has 0 aliphatic carbocycles. The van der Waals surface area contributed by atoms with Crippen molar-refractivity contribution in [3.05, 3.63) is 35.7 Å². The van der Waals surface area contributed by atoms with E-state index >= 15 is 0 Å². The van der Waals surface area contributed by atoms with Gasteiger partial charge in [-0.2, -0.15) is 0 Å². The molecule has 0 saturated heterocycles. The van der Waals surface area contributed by atoms with Crippen LogP contribution in [0.5, 0.6) is 5.75 Å². The standard InChI is InChI=1S/C18H26FNO2/c1-12(2)18(21)9-6-15-10-16(7-8-17(15)19)22-14(5)11-20-13(3)4/h6-10,12-14,20H,11H2,1-5H3/b9-6+/t14-/m0/s1.